The molecule has 7 nitrogen and oxygen atoms in total. The minimum Gasteiger partial charge on any atom is -0.463 e. The first kappa shape index (κ1) is 19.2. The molecule has 0 atom stereocenters. The van der Waals surface area contributed by atoms with Crippen LogP contribution >= 0.6 is 0 Å². The van der Waals surface area contributed by atoms with Gasteiger partial charge in [0.2, 0.25) is 0 Å². The largest absolute Gasteiger partial charge is 0.463 e. The predicted molar refractivity (Wildman–Crippen MR) is 88.9 cm³/mol. The van der Waals surface area contributed by atoms with Crippen LogP contribution < -0.4 is 10.9 Å². The van der Waals surface area contributed by atoms with E-state index in [1.807, 2.05) is 0 Å². The van der Waals surface area contributed by atoms with Crippen molar-refractivity contribution in [1.29, 1.82) is 0 Å². The first-order chi connectivity index (χ1) is 11.2. The van der Waals surface area contributed by atoms with Crippen molar-refractivity contribution >= 4 is 24.0 Å². The number of benzene rings is 1. The number of amides is 2. The van der Waals surface area contributed by atoms with Crippen LogP contribution in [0.2, 0.25) is 0 Å². The molecule has 2 amide bonds. The highest BCUT2D eigenvalue weighted by Gasteiger charge is 2.16. The second-order valence-corrected chi connectivity index (χ2v) is 5.79. The SMILES string of the molecule is CCOC(=O)C=Cc1ccc(C(=O)NNC(=O)OC(C)(C)C)cc1. The van der Waals surface area contributed by atoms with E-state index < -0.39 is 23.6 Å². The summed E-state index contributed by atoms with van der Waals surface area (Å²) in [6.45, 7) is 7.20. The van der Waals surface area contributed by atoms with Gasteiger partial charge in [-0.05, 0) is 51.5 Å². The van der Waals surface area contributed by atoms with Gasteiger partial charge in [-0.1, -0.05) is 12.1 Å². The minimum absolute atomic E-state index is 0.312. The quantitative estimate of drug-likeness (QED) is 0.501. The maximum absolute atomic E-state index is 11.9. The third-order valence-corrected chi connectivity index (χ3v) is 2.55. The standard InChI is InChI=1S/C17H22N2O5/c1-5-23-14(20)11-8-12-6-9-13(10-7-12)15(21)18-19-16(22)24-17(2,3)4/h6-11H,5H2,1-4H3,(H,18,21)(H,19,22). The number of nitrogens with one attached hydrogen (secondary N) is 2. The Labute approximate surface area is 141 Å². The number of carbonyl (C=O) groups excluding carboxylic acids is 3. The van der Waals surface area contributed by atoms with Gasteiger partial charge in [0.1, 0.15) is 5.60 Å². The van der Waals surface area contributed by atoms with Crippen molar-refractivity contribution in [3.8, 4) is 0 Å². The zero-order valence-corrected chi connectivity index (χ0v) is 14.2. The maximum Gasteiger partial charge on any atom is 0.426 e. The summed E-state index contributed by atoms with van der Waals surface area (Å²) in [6.07, 6.45) is 2.14. The van der Waals surface area contributed by atoms with Crippen molar-refractivity contribution < 1.29 is 23.9 Å². The van der Waals surface area contributed by atoms with Gasteiger partial charge in [0.15, 0.2) is 0 Å². The molecule has 0 aliphatic heterocycles. The van der Waals surface area contributed by atoms with Crippen molar-refractivity contribution in [1.82, 2.24) is 10.9 Å². The molecule has 0 saturated carbocycles. The Morgan fingerprint density at radius 1 is 1.08 bits per heavy atom. The van der Waals surface area contributed by atoms with Gasteiger partial charge < -0.3 is 9.47 Å². The average Bonchev–Trinajstić information content (AvgIpc) is 2.50. The lowest BCUT2D eigenvalue weighted by Gasteiger charge is -2.19. The number of ether oxygens (including phenoxy) is 2. The van der Waals surface area contributed by atoms with E-state index in [0.717, 1.165) is 5.56 Å². The Kier molecular flexibility index (Phi) is 6.98. The maximum atomic E-state index is 11.9. The topological polar surface area (TPSA) is 93.7 Å². The third kappa shape index (κ3) is 7.44. The summed E-state index contributed by atoms with van der Waals surface area (Å²) in [5, 5.41) is 0. The van der Waals surface area contributed by atoms with E-state index in [1.165, 1.54) is 6.08 Å². The summed E-state index contributed by atoms with van der Waals surface area (Å²) in [5.74, 6) is -0.914. The first-order valence-corrected chi connectivity index (χ1v) is 7.45. The molecule has 0 aliphatic carbocycles. The van der Waals surface area contributed by atoms with Gasteiger partial charge in [0.05, 0.1) is 6.61 Å². The highest BCUT2D eigenvalue weighted by molar-refractivity contribution is 5.95. The van der Waals surface area contributed by atoms with Crippen LogP contribution in [0.1, 0.15) is 43.6 Å². The molecule has 0 aliphatic rings. The highest BCUT2D eigenvalue weighted by Crippen LogP contribution is 2.07. The predicted octanol–water partition coefficient (Wildman–Crippen LogP) is 2.43. The van der Waals surface area contributed by atoms with Gasteiger partial charge in [-0.25, -0.2) is 15.0 Å². The Balaban J connectivity index is 2.55. The number of rotatable bonds is 4. The molecule has 0 fully saturated rings. The molecular weight excluding hydrogens is 312 g/mol. The summed E-state index contributed by atoms with van der Waals surface area (Å²) >= 11 is 0. The van der Waals surface area contributed by atoms with Crippen LogP contribution in [0.5, 0.6) is 0 Å². The summed E-state index contributed by atoms with van der Waals surface area (Å²) in [4.78, 5) is 34.6. The second kappa shape index (κ2) is 8.71. The summed E-state index contributed by atoms with van der Waals surface area (Å²) in [7, 11) is 0. The monoisotopic (exact) mass is 334 g/mol. The molecule has 1 aromatic rings. The molecule has 7 heteroatoms. The van der Waals surface area contributed by atoms with E-state index in [4.69, 9.17) is 9.47 Å². The van der Waals surface area contributed by atoms with Crippen LogP contribution in [-0.4, -0.2) is 30.2 Å². The average molecular weight is 334 g/mol. The van der Waals surface area contributed by atoms with Gasteiger partial charge in [-0.15, -0.1) is 0 Å². The minimum atomic E-state index is -0.746. The van der Waals surface area contributed by atoms with Gasteiger partial charge in [-0.2, -0.15) is 0 Å². The number of carbonyl (C=O) groups is 3. The Hall–Kier alpha value is -2.83. The molecule has 2 N–H and O–H groups in total. The number of esters is 1. The molecule has 0 aromatic heterocycles. The number of hydrogen-bond donors (Lipinski definition) is 2. The molecule has 24 heavy (non-hydrogen) atoms. The van der Waals surface area contributed by atoms with Crippen LogP contribution in [-0.2, 0) is 14.3 Å². The highest BCUT2D eigenvalue weighted by atomic mass is 16.6. The fraction of sp³-hybridized carbons (Fsp3) is 0.353. The Morgan fingerprint density at radius 2 is 1.71 bits per heavy atom. The normalized spacial score (nSPS) is 11.0. The lowest BCUT2D eigenvalue weighted by Crippen LogP contribution is -2.44. The van der Waals surface area contributed by atoms with Gasteiger partial charge >= 0.3 is 12.1 Å². The molecule has 0 bridgehead atoms. The van der Waals surface area contributed by atoms with Crippen molar-refractivity contribution in [2.45, 2.75) is 33.3 Å². The van der Waals surface area contributed by atoms with E-state index in [2.05, 4.69) is 10.9 Å². The van der Waals surface area contributed by atoms with Crippen molar-refractivity contribution in [3.63, 3.8) is 0 Å². The molecule has 1 rings (SSSR count). The van der Waals surface area contributed by atoms with Gasteiger partial charge in [0.25, 0.3) is 5.91 Å². The molecule has 1 aromatic carbocycles. The van der Waals surface area contributed by atoms with E-state index in [0.29, 0.717) is 12.2 Å². The third-order valence-electron chi connectivity index (χ3n) is 2.55. The van der Waals surface area contributed by atoms with Crippen LogP contribution in [0.15, 0.2) is 30.3 Å². The van der Waals surface area contributed by atoms with E-state index >= 15 is 0 Å². The van der Waals surface area contributed by atoms with Gasteiger partial charge in [-0.3, -0.25) is 10.2 Å². The molecule has 130 valence electrons. The van der Waals surface area contributed by atoms with Crippen molar-refractivity contribution in [3.05, 3.63) is 41.5 Å². The zero-order chi connectivity index (χ0) is 18.2. The molecule has 0 spiro atoms. The number of hydrazine groups is 1. The van der Waals surface area contributed by atoms with Crippen molar-refractivity contribution in [2.75, 3.05) is 6.61 Å². The smallest absolute Gasteiger partial charge is 0.426 e. The fourth-order valence-corrected chi connectivity index (χ4v) is 1.58. The van der Waals surface area contributed by atoms with Crippen LogP contribution in [0.3, 0.4) is 0 Å². The summed E-state index contributed by atoms with van der Waals surface area (Å²) < 4.78 is 9.77. The van der Waals surface area contributed by atoms with E-state index in [9.17, 15) is 14.4 Å². The number of hydrogen-bond acceptors (Lipinski definition) is 5. The molecule has 0 unspecified atom stereocenters. The fourth-order valence-electron chi connectivity index (χ4n) is 1.58. The second-order valence-electron chi connectivity index (χ2n) is 5.79. The van der Waals surface area contributed by atoms with Crippen LogP contribution in [0.4, 0.5) is 4.79 Å². The lowest BCUT2D eigenvalue weighted by atomic mass is 10.1. The Bertz CT molecular complexity index is 615. The summed E-state index contributed by atoms with van der Waals surface area (Å²) in [5.41, 5.74) is 4.85. The molecule has 0 radical (unpaired) electrons. The van der Waals surface area contributed by atoms with Crippen LogP contribution in [0, 0.1) is 0 Å². The van der Waals surface area contributed by atoms with E-state index in [-0.39, 0.29) is 0 Å². The summed E-state index contributed by atoms with van der Waals surface area (Å²) in [6, 6.07) is 6.46. The molecule has 0 saturated heterocycles. The van der Waals surface area contributed by atoms with Crippen LogP contribution in [0.25, 0.3) is 6.08 Å². The molecule has 0 heterocycles. The van der Waals surface area contributed by atoms with Gasteiger partial charge in [0, 0.05) is 11.6 Å². The van der Waals surface area contributed by atoms with E-state index in [1.54, 1.807) is 58.0 Å². The zero-order valence-electron chi connectivity index (χ0n) is 14.2. The Morgan fingerprint density at radius 3 is 2.25 bits per heavy atom. The molecular formula is C17H22N2O5. The first-order valence-electron chi connectivity index (χ1n) is 7.45. The lowest BCUT2D eigenvalue weighted by molar-refractivity contribution is -0.137. The van der Waals surface area contributed by atoms with Crippen molar-refractivity contribution in [2.24, 2.45) is 0 Å².